The molecule has 0 fully saturated rings. The van der Waals surface area contributed by atoms with Crippen molar-refractivity contribution in [3.05, 3.63) is 12.2 Å². The summed E-state index contributed by atoms with van der Waals surface area (Å²) < 4.78 is 5.89. The molecule has 0 radical (unpaired) electrons. The van der Waals surface area contributed by atoms with Crippen molar-refractivity contribution in [2.75, 3.05) is 6.61 Å². The Morgan fingerprint density at radius 2 is 0.842 bits per heavy atom. The molecule has 338 valence electrons. The number of esters is 1. The quantitative estimate of drug-likeness (QED) is 0.0323. The van der Waals surface area contributed by atoms with Gasteiger partial charge in [0.25, 0.3) is 0 Å². The van der Waals surface area contributed by atoms with Gasteiger partial charge in [0.1, 0.15) is 6.10 Å². The van der Waals surface area contributed by atoms with Crippen molar-refractivity contribution < 1.29 is 24.5 Å². The van der Waals surface area contributed by atoms with Crippen molar-refractivity contribution in [1.82, 2.24) is 5.32 Å². The number of ether oxygens (including phenoxy) is 1. The molecule has 0 rings (SSSR count). The largest absolute Gasteiger partial charge is 0.462 e. The Labute approximate surface area is 355 Å². The monoisotopic (exact) mass is 806 g/mol. The van der Waals surface area contributed by atoms with Crippen LogP contribution in [0, 0.1) is 0 Å². The molecule has 57 heavy (non-hydrogen) atoms. The maximum Gasteiger partial charge on any atom is 0.306 e. The lowest BCUT2D eigenvalue weighted by molar-refractivity contribution is -0.151. The van der Waals surface area contributed by atoms with Gasteiger partial charge in [-0.1, -0.05) is 226 Å². The van der Waals surface area contributed by atoms with Gasteiger partial charge in [-0.05, 0) is 51.4 Å². The van der Waals surface area contributed by atoms with E-state index in [2.05, 4.69) is 38.2 Å². The molecule has 0 aliphatic rings. The lowest BCUT2D eigenvalue weighted by atomic mass is 10.0. The van der Waals surface area contributed by atoms with Crippen LogP contribution in [-0.4, -0.2) is 46.9 Å². The van der Waals surface area contributed by atoms with Gasteiger partial charge in [0.15, 0.2) is 0 Å². The predicted octanol–water partition coefficient (Wildman–Crippen LogP) is 15.0. The fourth-order valence-electron chi connectivity index (χ4n) is 7.96. The van der Waals surface area contributed by atoms with Crippen molar-refractivity contribution >= 4 is 11.9 Å². The molecular formula is C51H99NO5. The molecule has 0 saturated heterocycles. The van der Waals surface area contributed by atoms with Gasteiger partial charge < -0.3 is 20.3 Å². The molecule has 0 aromatic rings. The lowest BCUT2D eigenvalue weighted by Gasteiger charge is -2.24. The highest BCUT2D eigenvalue weighted by Crippen LogP contribution is 2.18. The van der Waals surface area contributed by atoms with Crippen molar-refractivity contribution in [1.29, 1.82) is 0 Å². The summed E-state index contributed by atoms with van der Waals surface area (Å²) in [5, 5.41) is 23.7. The van der Waals surface area contributed by atoms with E-state index in [-0.39, 0.29) is 24.9 Å². The first kappa shape index (κ1) is 55.6. The Hall–Kier alpha value is -1.40. The highest BCUT2D eigenvalue weighted by molar-refractivity contribution is 5.77. The van der Waals surface area contributed by atoms with E-state index in [4.69, 9.17) is 4.74 Å². The average molecular weight is 806 g/mol. The number of allylic oxidation sites excluding steroid dienone is 2. The summed E-state index contributed by atoms with van der Waals surface area (Å²) in [6.45, 7) is 6.46. The van der Waals surface area contributed by atoms with E-state index in [9.17, 15) is 19.8 Å². The van der Waals surface area contributed by atoms with Crippen molar-refractivity contribution in [2.24, 2.45) is 0 Å². The minimum absolute atomic E-state index is 0.0812. The highest BCUT2D eigenvalue weighted by Gasteiger charge is 2.24. The Kier molecular flexibility index (Phi) is 44.6. The molecule has 3 N–H and O–H groups in total. The van der Waals surface area contributed by atoms with Gasteiger partial charge in [-0.3, -0.25) is 9.59 Å². The van der Waals surface area contributed by atoms with E-state index >= 15 is 0 Å². The first-order valence-corrected chi connectivity index (χ1v) is 25.4. The predicted molar refractivity (Wildman–Crippen MR) is 246 cm³/mol. The molecule has 0 saturated carbocycles. The number of unbranched alkanes of at least 4 members (excludes halogenated alkanes) is 32. The zero-order valence-corrected chi connectivity index (χ0v) is 38.5. The zero-order chi connectivity index (χ0) is 41.7. The normalized spacial score (nSPS) is 13.3. The molecule has 0 heterocycles. The molecule has 0 bridgehead atoms. The molecule has 0 spiro atoms. The summed E-state index contributed by atoms with van der Waals surface area (Å²) in [6.07, 6.45) is 50.0. The fraction of sp³-hybridized carbons (Fsp3) is 0.922. The van der Waals surface area contributed by atoms with Crippen LogP contribution < -0.4 is 5.32 Å². The second-order valence-electron chi connectivity index (χ2n) is 17.6. The number of rotatable bonds is 46. The Bertz CT molecular complexity index is 863. The number of hydrogen-bond donors (Lipinski definition) is 3. The van der Waals surface area contributed by atoms with E-state index < -0.39 is 18.2 Å². The van der Waals surface area contributed by atoms with E-state index in [1.54, 1.807) is 0 Å². The molecule has 6 heteroatoms. The van der Waals surface area contributed by atoms with Gasteiger partial charge in [-0.15, -0.1) is 0 Å². The smallest absolute Gasteiger partial charge is 0.306 e. The molecule has 1 amide bonds. The lowest BCUT2D eigenvalue weighted by Crippen LogP contribution is -2.46. The molecule has 0 aromatic carbocycles. The average Bonchev–Trinajstić information content (AvgIpc) is 3.20. The second-order valence-corrected chi connectivity index (χ2v) is 17.6. The van der Waals surface area contributed by atoms with Crippen LogP contribution in [0.5, 0.6) is 0 Å². The number of hydrogen-bond acceptors (Lipinski definition) is 5. The van der Waals surface area contributed by atoms with Gasteiger partial charge in [0, 0.05) is 6.42 Å². The fourth-order valence-corrected chi connectivity index (χ4v) is 7.96. The summed E-state index contributed by atoms with van der Waals surface area (Å²) in [7, 11) is 0. The van der Waals surface area contributed by atoms with E-state index in [0.717, 1.165) is 44.9 Å². The van der Waals surface area contributed by atoms with Gasteiger partial charge in [0.2, 0.25) is 5.91 Å². The second kappa shape index (κ2) is 45.7. The number of aliphatic hydroxyl groups is 2. The number of amides is 1. The third kappa shape index (κ3) is 41.1. The Morgan fingerprint density at radius 3 is 1.26 bits per heavy atom. The van der Waals surface area contributed by atoms with Crippen molar-refractivity contribution in [2.45, 2.75) is 296 Å². The topological polar surface area (TPSA) is 95.9 Å². The van der Waals surface area contributed by atoms with Crippen LogP contribution in [0.4, 0.5) is 0 Å². The standard InChI is InChI=1S/C51H99NO5/c1-4-7-10-13-16-18-20-22-24-26-27-29-31-34-37-40-43-49(54)48(46-53)52-50(55)45-47(42-39-36-33-15-12-9-6-3)57-51(56)44-41-38-35-32-30-28-25-23-21-19-17-14-11-8-5-2/h19,21,47-49,53-54H,4-18,20,22-46H2,1-3H3,(H,52,55)/b21-19-. The number of aliphatic hydroxyl groups excluding tert-OH is 2. The summed E-state index contributed by atoms with van der Waals surface area (Å²) in [6, 6.07) is -0.694. The summed E-state index contributed by atoms with van der Waals surface area (Å²) >= 11 is 0. The van der Waals surface area contributed by atoms with Gasteiger partial charge in [-0.25, -0.2) is 0 Å². The minimum atomic E-state index is -0.781. The number of carbonyl (C=O) groups is 2. The zero-order valence-electron chi connectivity index (χ0n) is 38.5. The summed E-state index contributed by atoms with van der Waals surface area (Å²) in [5.41, 5.74) is 0. The van der Waals surface area contributed by atoms with Crippen LogP contribution in [0.15, 0.2) is 12.2 Å². The maximum absolute atomic E-state index is 13.1. The highest BCUT2D eigenvalue weighted by atomic mass is 16.5. The first-order valence-electron chi connectivity index (χ1n) is 25.4. The molecule has 3 unspecified atom stereocenters. The van der Waals surface area contributed by atoms with Crippen LogP contribution in [0.3, 0.4) is 0 Å². The van der Waals surface area contributed by atoms with Crippen molar-refractivity contribution in [3.63, 3.8) is 0 Å². The molecule has 0 aliphatic carbocycles. The third-order valence-corrected chi connectivity index (χ3v) is 11.8. The van der Waals surface area contributed by atoms with Crippen LogP contribution in [0.1, 0.15) is 278 Å². The summed E-state index contributed by atoms with van der Waals surface area (Å²) in [5.74, 6) is -0.470. The van der Waals surface area contributed by atoms with Crippen LogP contribution >= 0.6 is 0 Å². The molecule has 6 nitrogen and oxygen atoms in total. The van der Waals surface area contributed by atoms with E-state index in [1.165, 1.54) is 186 Å². The first-order chi connectivity index (χ1) is 28.0. The Balaban J connectivity index is 4.33. The van der Waals surface area contributed by atoms with Crippen LogP contribution in [-0.2, 0) is 14.3 Å². The third-order valence-electron chi connectivity index (χ3n) is 11.8. The molecule has 0 aliphatic heterocycles. The number of nitrogens with one attached hydrogen (secondary N) is 1. The van der Waals surface area contributed by atoms with Crippen molar-refractivity contribution in [3.8, 4) is 0 Å². The van der Waals surface area contributed by atoms with Crippen LogP contribution in [0.2, 0.25) is 0 Å². The maximum atomic E-state index is 13.1. The number of carbonyl (C=O) groups excluding carboxylic acids is 2. The van der Waals surface area contributed by atoms with E-state index in [0.29, 0.717) is 19.3 Å². The van der Waals surface area contributed by atoms with Crippen LogP contribution in [0.25, 0.3) is 0 Å². The van der Waals surface area contributed by atoms with Gasteiger partial charge in [-0.2, -0.15) is 0 Å². The van der Waals surface area contributed by atoms with Gasteiger partial charge >= 0.3 is 5.97 Å². The SMILES string of the molecule is CCCCCC/C=C\CCCCCCCCCC(=O)OC(CCCCCCCCC)CC(=O)NC(CO)C(O)CCCCCCCCCCCCCCCCCC. The molecule has 3 atom stereocenters. The summed E-state index contributed by atoms with van der Waals surface area (Å²) in [4.78, 5) is 26.0. The molecule has 0 aromatic heterocycles. The minimum Gasteiger partial charge on any atom is -0.462 e. The molecular weight excluding hydrogens is 707 g/mol. The Morgan fingerprint density at radius 1 is 0.491 bits per heavy atom. The van der Waals surface area contributed by atoms with Gasteiger partial charge in [0.05, 0.1) is 25.2 Å². The van der Waals surface area contributed by atoms with E-state index in [1.807, 2.05) is 0 Å².